The fraction of sp³-hybridized carbons (Fsp3) is 0.462. The SMILES string of the molecule is Cc1cc(C)cc(C(C)NC(=O)[C@@H](C)N)c1.Cl. The topological polar surface area (TPSA) is 55.1 Å². The summed E-state index contributed by atoms with van der Waals surface area (Å²) in [6, 6.07) is 5.81. The van der Waals surface area contributed by atoms with Crippen LogP contribution in [0.25, 0.3) is 0 Å². The minimum absolute atomic E-state index is 0. The van der Waals surface area contributed by atoms with Crippen molar-refractivity contribution in [2.24, 2.45) is 5.73 Å². The molecule has 0 aromatic heterocycles. The molecule has 0 aliphatic heterocycles. The van der Waals surface area contributed by atoms with Crippen LogP contribution in [0.15, 0.2) is 18.2 Å². The van der Waals surface area contributed by atoms with Gasteiger partial charge in [0.05, 0.1) is 12.1 Å². The van der Waals surface area contributed by atoms with Crippen LogP contribution in [0.2, 0.25) is 0 Å². The van der Waals surface area contributed by atoms with E-state index in [1.165, 1.54) is 11.1 Å². The van der Waals surface area contributed by atoms with Crippen molar-refractivity contribution in [3.8, 4) is 0 Å². The summed E-state index contributed by atoms with van der Waals surface area (Å²) in [5.41, 5.74) is 9.04. The van der Waals surface area contributed by atoms with Crippen molar-refractivity contribution < 1.29 is 4.79 Å². The quantitative estimate of drug-likeness (QED) is 0.872. The average Bonchev–Trinajstić information content (AvgIpc) is 2.15. The van der Waals surface area contributed by atoms with E-state index in [4.69, 9.17) is 5.73 Å². The molecule has 1 amide bonds. The lowest BCUT2D eigenvalue weighted by Gasteiger charge is -2.17. The van der Waals surface area contributed by atoms with Crippen molar-refractivity contribution >= 4 is 18.3 Å². The van der Waals surface area contributed by atoms with Gasteiger partial charge in [-0.2, -0.15) is 0 Å². The first-order valence-corrected chi connectivity index (χ1v) is 5.54. The molecule has 0 saturated heterocycles. The Hall–Kier alpha value is -1.06. The highest BCUT2D eigenvalue weighted by atomic mass is 35.5. The smallest absolute Gasteiger partial charge is 0.237 e. The Balaban J connectivity index is 0.00000256. The van der Waals surface area contributed by atoms with Gasteiger partial charge in [0.2, 0.25) is 5.91 Å². The summed E-state index contributed by atoms with van der Waals surface area (Å²) in [5, 5.41) is 2.89. The van der Waals surface area contributed by atoms with Gasteiger partial charge in [-0.1, -0.05) is 29.3 Å². The first kappa shape index (κ1) is 15.9. The Kier molecular flexibility index (Phi) is 6.21. The molecule has 0 fully saturated rings. The van der Waals surface area contributed by atoms with Gasteiger partial charge < -0.3 is 11.1 Å². The summed E-state index contributed by atoms with van der Waals surface area (Å²) in [4.78, 5) is 11.5. The van der Waals surface area contributed by atoms with Gasteiger partial charge in [-0.25, -0.2) is 0 Å². The molecule has 0 aliphatic carbocycles. The van der Waals surface area contributed by atoms with Crippen molar-refractivity contribution in [1.29, 1.82) is 0 Å². The molecule has 2 atom stereocenters. The molecule has 0 saturated carbocycles. The van der Waals surface area contributed by atoms with Crippen LogP contribution in [0, 0.1) is 13.8 Å². The lowest BCUT2D eigenvalue weighted by Crippen LogP contribution is -2.39. The van der Waals surface area contributed by atoms with Crippen LogP contribution < -0.4 is 11.1 Å². The molecule has 0 heterocycles. The van der Waals surface area contributed by atoms with Gasteiger partial charge in [0.1, 0.15) is 0 Å². The van der Waals surface area contributed by atoms with Crippen molar-refractivity contribution in [3.05, 3.63) is 34.9 Å². The molecule has 0 radical (unpaired) electrons. The van der Waals surface area contributed by atoms with Gasteiger partial charge in [-0.05, 0) is 33.3 Å². The Morgan fingerprint density at radius 2 is 1.65 bits per heavy atom. The summed E-state index contributed by atoms with van der Waals surface area (Å²) in [6.07, 6.45) is 0. The Morgan fingerprint density at radius 3 is 2.06 bits per heavy atom. The number of hydrogen-bond donors (Lipinski definition) is 2. The van der Waals surface area contributed by atoms with Gasteiger partial charge in [0.25, 0.3) is 0 Å². The molecule has 3 nitrogen and oxygen atoms in total. The number of nitrogens with two attached hydrogens (primary N) is 1. The number of carbonyl (C=O) groups excluding carboxylic acids is 1. The third kappa shape index (κ3) is 4.75. The highest BCUT2D eigenvalue weighted by molar-refractivity contribution is 5.85. The molecule has 1 unspecified atom stereocenters. The van der Waals surface area contributed by atoms with Crippen molar-refractivity contribution in [1.82, 2.24) is 5.32 Å². The van der Waals surface area contributed by atoms with Crippen LogP contribution in [0.3, 0.4) is 0 Å². The molecule has 3 N–H and O–H groups in total. The number of nitrogens with one attached hydrogen (secondary N) is 1. The fourth-order valence-electron chi connectivity index (χ4n) is 1.69. The monoisotopic (exact) mass is 256 g/mol. The Labute approximate surface area is 109 Å². The van der Waals surface area contributed by atoms with Gasteiger partial charge in [0.15, 0.2) is 0 Å². The minimum Gasteiger partial charge on any atom is -0.348 e. The summed E-state index contributed by atoms with van der Waals surface area (Å²) in [7, 11) is 0. The second-order valence-electron chi connectivity index (χ2n) is 4.44. The van der Waals surface area contributed by atoms with E-state index in [1.807, 2.05) is 6.92 Å². The van der Waals surface area contributed by atoms with E-state index in [0.29, 0.717) is 0 Å². The summed E-state index contributed by atoms with van der Waals surface area (Å²) < 4.78 is 0. The first-order chi connectivity index (χ1) is 7.40. The molecular weight excluding hydrogens is 236 g/mol. The fourth-order valence-corrected chi connectivity index (χ4v) is 1.69. The van der Waals surface area contributed by atoms with Gasteiger partial charge in [-0.15, -0.1) is 12.4 Å². The van der Waals surface area contributed by atoms with E-state index >= 15 is 0 Å². The van der Waals surface area contributed by atoms with E-state index < -0.39 is 6.04 Å². The lowest BCUT2D eigenvalue weighted by molar-refractivity contribution is -0.122. The highest BCUT2D eigenvalue weighted by Gasteiger charge is 2.12. The number of amides is 1. The summed E-state index contributed by atoms with van der Waals surface area (Å²) in [5.74, 6) is -0.119. The molecular formula is C13H21ClN2O. The number of hydrogen-bond acceptors (Lipinski definition) is 2. The van der Waals surface area contributed by atoms with Crippen molar-refractivity contribution in [2.75, 3.05) is 0 Å². The second kappa shape index (κ2) is 6.62. The number of rotatable bonds is 3. The standard InChI is InChI=1S/C13H20N2O.ClH/c1-8-5-9(2)7-12(6-8)11(4)15-13(16)10(3)14;/h5-7,10-11H,14H2,1-4H3,(H,15,16);1H/t10-,11?;/m1./s1. The Bertz CT molecular complexity index is 371. The zero-order chi connectivity index (χ0) is 12.3. The number of benzene rings is 1. The molecule has 4 heteroatoms. The van der Waals surface area contributed by atoms with Crippen LogP contribution in [0.5, 0.6) is 0 Å². The number of aryl methyl sites for hydroxylation is 2. The van der Waals surface area contributed by atoms with E-state index in [9.17, 15) is 4.79 Å². The third-order valence-electron chi connectivity index (χ3n) is 2.52. The van der Waals surface area contributed by atoms with Gasteiger partial charge in [0, 0.05) is 0 Å². The van der Waals surface area contributed by atoms with E-state index in [1.54, 1.807) is 6.92 Å². The maximum absolute atomic E-state index is 11.5. The molecule has 1 aromatic rings. The van der Waals surface area contributed by atoms with Gasteiger partial charge >= 0.3 is 0 Å². The van der Waals surface area contributed by atoms with E-state index in [0.717, 1.165) is 5.56 Å². The second-order valence-corrected chi connectivity index (χ2v) is 4.44. The van der Waals surface area contributed by atoms with Crippen LogP contribution in [0.4, 0.5) is 0 Å². The Morgan fingerprint density at radius 1 is 1.18 bits per heavy atom. The molecule has 0 bridgehead atoms. The van der Waals surface area contributed by atoms with Crippen molar-refractivity contribution in [3.63, 3.8) is 0 Å². The highest BCUT2D eigenvalue weighted by Crippen LogP contribution is 2.16. The van der Waals surface area contributed by atoms with Crippen LogP contribution in [-0.4, -0.2) is 11.9 Å². The van der Waals surface area contributed by atoms with Crippen molar-refractivity contribution in [2.45, 2.75) is 39.8 Å². The molecule has 0 aliphatic rings. The molecule has 96 valence electrons. The molecule has 17 heavy (non-hydrogen) atoms. The maximum Gasteiger partial charge on any atom is 0.237 e. The lowest BCUT2D eigenvalue weighted by atomic mass is 10.0. The maximum atomic E-state index is 11.5. The molecule has 0 spiro atoms. The largest absolute Gasteiger partial charge is 0.348 e. The van der Waals surface area contributed by atoms with E-state index in [2.05, 4.69) is 37.4 Å². The average molecular weight is 257 g/mol. The molecule has 1 aromatic carbocycles. The first-order valence-electron chi connectivity index (χ1n) is 5.54. The molecule has 1 rings (SSSR count). The number of halogens is 1. The normalized spacial score (nSPS) is 13.5. The van der Waals surface area contributed by atoms with E-state index in [-0.39, 0.29) is 24.4 Å². The predicted octanol–water partition coefficient (Wildman–Crippen LogP) is 2.25. The summed E-state index contributed by atoms with van der Waals surface area (Å²) in [6.45, 7) is 7.76. The zero-order valence-corrected chi connectivity index (χ0v) is 11.6. The third-order valence-corrected chi connectivity index (χ3v) is 2.52. The van der Waals surface area contributed by atoms with Gasteiger partial charge in [-0.3, -0.25) is 4.79 Å². The van der Waals surface area contributed by atoms with Crippen LogP contribution in [0.1, 0.15) is 36.6 Å². The minimum atomic E-state index is -0.464. The van der Waals surface area contributed by atoms with Crippen LogP contribution >= 0.6 is 12.4 Å². The summed E-state index contributed by atoms with van der Waals surface area (Å²) >= 11 is 0. The zero-order valence-electron chi connectivity index (χ0n) is 10.8. The number of carbonyl (C=O) groups is 1. The predicted molar refractivity (Wildman–Crippen MR) is 73.4 cm³/mol. The van der Waals surface area contributed by atoms with Crippen LogP contribution in [-0.2, 0) is 4.79 Å².